The average Bonchev–Trinajstić information content (AvgIpc) is 2.68. The summed E-state index contributed by atoms with van der Waals surface area (Å²) in [5, 5.41) is 9.84. The van der Waals surface area contributed by atoms with Gasteiger partial charge >= 0.3 is 5.97 Å². The number of nitrogen functional groups attached to an aromatic ring is 1. The van der Waals surface area contributed by atoms with Crippen LogP contribution in [0.3, 0.4) is 0 Å². The molecule has 3 nitrogen and oxygen atoms in total. The average molecular weight is 296 g/mol. The van der Waals surface area contributed by atoms with Crippen LogP contribution in [-0.2, 0) is 0 Å². The molecule has 100 valence electrons. The van der Waals surface area contributed by atoms with Crippen molar-refractivity contribution >= 4 is 34.6 Å². The molecule has 1 aromatic heterocycles. The Labute approximate surface area is 120 Å². The third-order valence-corrected chi connectivity index (χ3v) is 4.37. The summed E-state index contributed by atoms with van der Waals surface area (Å²) in [4.78, 5) is 12.3. The Morgan fingerprint density at radius 3 is 2.37 bits per heavy atom. The SMILES string of the molecule is CC(C)c1c(-c2ccc(Cl)cc2)sc(C(=O)O)c1N. The molecule has 1 aromatic carbocycles. The van der Waals surface area contributed by atoms with Crippen LogP contribution in [0.2, 0.25) is 5.02 Å². The predicted molar refractivity (Wildman–Crippen MR) is 80.2 cm³/mol. The molecule has 0 bridgehead atoms. The van der Waals surface area contributed by atoms with E-state index in [-0.39, 0.29) is 10.8 Å². The van der Waals surface area contributed by atoms with Gasteiger partial charge < -0.3 is 10.8 Å². The lowest BCUT2D eigenvalue weighted by Gasteiger charge is -2.09. The van der Waals surface area contributed by atoms with E-state index in [0.717, 1.165) is 16.0 Å². The maximum Gasteiger partial charge on any atom is 0.348 e. The predicted octanol–water partition coefficient (Wildman–Crippen LogP) is 4.47. The molecule has 0 amide bonds. The lowest BCUT2D eigenvalue weighted by molar-refractivity contribution is 0.0703. The maximum atomic E-state index is 11.2. The van der Waals surface area contributed by atoms with Gasteiger partial charge in [0.25, 0.3) is 0 Å². The van der Waals surface area contributed by atoms with Gasteiger partial charge in [0.2, 0.25) is 0 Å². The van der Waals surface area contributed by atoms with Crippen LogP contribution in [0.5, 0.6) is 0 Å². The van der Waals surface area contributed by atoms with Crippen molar-refractivity contribution in [1.29, 1.82) is 0 Å². The zero-order chi connectivity index (χ0) is 14.2. The lowest BCUT2D eigenvalue weighted by Crippen LogP contribution is -2.00. The van der Waals surface area contributed by atoms with Gasteiger partial charge in [-0.1, -0.05) is 37.6 Å². The van der Waals surface area contributed by atoms with Gasteiger partial charge in [-0.15, -0.1) is 11.3 Å². The first kappa shape index (κ1) is 13.9. The van der Waals surface area contributed by atoms with Crippen LogP contribution in [-0.4, -0.2) is 11.1 Å². The summed E-state index contributed by atoms with van der Waals surface area (Å²) in [5.74, 6) is -0.820. The highest BCUT2D eigenvalue weighted by Crippen LogP contribution is 2.42. The van der Waals surface area contributed by atoms with Crippen molar-refractivity contribution in [3.8, 4) is 10.4 Å². The Kier molecular flexibility index (Phi) is 3.83. The fraction of sp³-hybridized carbons (Fsp3) is 0.214. The number of thiophene rings is 1. The summed E-state index contributed by atoms with van der Waals surface area (Å²) in [6.07, 6.45) is 0. The Bertz CT molecular complexity index is 617. The number of halogens is 1. The monoisotopic (exact) mass is 295 g/mol. The molecule has 0 saturated heterocycles. The van der Waals surface area contributed by atoms with Gasteiger partial charge in [0, 0.05) is 9.90 Å². The van der Waals surface area contributed by atoms with E-state index >= 15 is 0 Å². The fourth-order valence-corrected chi connectivity index (χ4v) is 3.35. The van der Waals surface area contributed by atoms with Crippen LogP contribution in [0, 0.1) is 0 Å². The molecule has 5 heteroatoms. The summed E-state index contributed by atoms with van der Waals surface area (Å²) in [5.41, 5.74) is 8.18. The Morgan fingerprint density at radius 1 is 1.32 bits per heavy atom. The van der Waals surface area contributed by atoms with Crippen LogP contribution in [0.4, 0.5) is 5.69 Å². The van der Waals surface area contributed by atoms with Crippen LogP contribution < -0.4 is 5.73 Å². The number of aromatic carboxylic acids is 1. The number of carboxylic acids is 1. The molecule has 0 radical (unpaired) electrons. The fourth-order valence-electron chi connectivity index (χ4n) is 2.00. The number of carboxylic acid groups (broad SMARTS) is 1. The summed E-state index contributed by atoms with van der Waals surface area (Å²) in [6.45, 7) is 4.01. The second kappa shape index (κ2) is 5.23. The number of hydrogen-bond donors (Lipinski definition) is 2. The number of anilines is 1. The molecule has 0 unspecified atom stereocenters. The number of carbonyl (C=O) groups is 1. The Morgan fingerprint density at radius 2 is 1.89 bits per heavy atom. The molecule has 0 fully saturated rings. The van der Waals surface area contributed by atoms with Crippen molar-refractivity contribution < 1.29 is 9.90 Å². The van der Waals surface area contributed by atoms with E-state index in [9.17, 15) is 9.90 Å². The van der Waals surface area contributed by atoms with Gasteiger partial charge in [-0.2, -0.15) is 0 Å². The maximum absolute atomic E-state index is 11.2. The highest BCUT2D eigenvalue weighted by Gasteiger charge is 2.23. The van der Waals surface area contributed by atoms with E-state index in [2.05, 4.69) is 0 Å². The minimum atomic E-state index is -0.982. The summed E-state index contributed by atoms with van der Waals surface area (Å²) < 4.78 is 0. The summed E-state index contributed by atoms with van der Waals surface area (Å²) in [7, 11) is 0. The minimum absolute atomic E-state index is 0.162. The third kappa shape index (κ3) is 2.60. The van der Waals surface area contributed by atoms with E-state index in [0.29, 0.717) is 10.7 Å². The van der Waals surface area contributed by atoms with Crippen molar-refractivity contribution in [2.24, 2.45) is 0 Å². The first-order valence-corrected chi connectivity index (χ1v) is 7.02. The zero-order valence-electron chi connectivity index (χ0n) is 10.6. The third-order valence-electron chi connectivity index (χ3n) is 2.86. The van der Waals surface area contributed by atoms with Crippen LogP contribution >= 0.6 is 22.9 Å². The molecule has 2 aromatic rings. The number of benzene rings is 1. The molecule has 19 heavy (non-hydrogen) atoms. The highest BCUT2D eigenvalue weighted by atomic mass is 35.5. The second-order valence-corrected chi connectivity index (χ2v) is 6.01. The van der Waals surface area contributed by atoms with Crippen LogP contribution in [0.15, 0.2) is 24.3 Å². The van der Waals surface area contributed by atoms with E-state index in [1.807, 2.05) is 26.0 Å². The Balaban J connectivity index is 2.65. The van der Waals surface area contributed by atoms with Crippen LogP contribution in [0.25, 0.3) is 10.4 Å². The van der Waals surface area contributed by atoms with Gasteiger partial charge in [0.1, 0.15) is 4.88 Å². The van der Waals surface area contributed by atoms with Crippen molar-refractivity contribution in [2.75, 3.05) is 5.73 Å². The van der Waals surface area contributed by atoms with Crippen molar-refractivity contribution in [3.63, 3.8) is 0 Å². The topological polar surface area (TPSA) is 63.3 Å². The number of nitrogens with two attached hydrogens (primary N) is 1. The zero-order valence-corrected chi connectivity index (χ0v) is 12.2. The summed E-state index contributed by atoms with van der Waals surface area (Å²) in [6, 6.07) is 7.34. The molecular formula is C14H14ClNO2S. The highest BCUT2D eigenvalue weighted by molar-refractivity contribution is 7.18. The van der Waals surface area contributed by atoms with E-state index in [4.69, 9.17) is 17.3 Å². The van der Waals surface area contributed by atoms with Gasteiger partial charge in [0.15, 0.2) is 0 Å². The van der Waals surface area contributed by atoms with E-state index in [1.165, 1.54) is 11.3 Å². The molecule has 2 rings (SSSR count). The molecule has 0 spiro atoms. The molecule has 0 aliphatic rings. The smallest absolute Gasteiger partial charge is 0.348 e. The van der Waals surface area contributed by atoms with Gasteiger partial charge in [-0.25, -0.2) is 4.79 Å². The normalized spacial score (nSPS) is 10.9. The first-order chi connectivity index (χ1) is 8.91. The first-order valence-electron chi connectivity index (χ1n) is 5.83. The van der Waals surface area contributed by atoms with Crippen molar-refractivity contribution in [1.82, 2.24) is 0 Å². The quantitative estimate of drug-likeness (QED) is 0.878. The Hall–Kier alpha value is -1.52. The van der Waals surface area contributed by atoms with Gasteiger partial charge in [-0.05, 0) is 29.2 Å². The van der Waals surface area contributed by atoms with Crippen LogP contribution in [0.1, 0.15) is 35.0 Å². The van der Waals surface area contributed by atoms with Crippen molar-refractivity contribution in [2.45, 2.75) is 19.8 Å². The molecule has 0 atom stereocenters. The summed E-state index contributed by atoms with van der Waals surface area (Å²) >= 11 is 7.09. The number of rotatable bonds is 3. The molecule has 0 aliphatic carbocycles. The van der Waals surface area contributed by atoms with Gasteiger partial charge in [-0.3, -0.25) is 0 Å². The standard InChI is InChI=1S/C14H14ClNO2S/c1-7(2)10-11(16)13(14(17)18)19-12(10)8-3-5-9(15)6-4-8/h3-7H,16H2,1-2H3,(H,17,18). The molecular weight excluding hydrogens is 282 g/mol. The molecule has 0 saturated carbocycles. The molecule has 0 aliphatic heterocycles. The second-order valence-electron chi connectivity index (χ2n) is 4.55. The van der Waals surface area contributed by atoms with Crippen molar-refractivity contribution in [3.05, 3.63) is 39.7 Å². The lowest BCUT2D eigenvalue weighted by atomic mass is 9.98. The largest absolute Gasteiger partial charge is 0.477 e. The van der Waals surface area contributed by atoms with E-state index in [1.54, 1.807) is 12.1 Å². The minimum Gasteiger partial charge on any atom is -0.477 e. The molecule has 3 N–H and O–H groups in total. The molecule has 1 heterocycles. The van der Waals surface area contributed by atoms with E-state index < -0.39 is 5.97 Å². The number of hydrogen-bond acceptors (Lipinski definition) is 3. The van der Waals surface area contributed by atoms with Gasteiger partial charge in [0.05, 0.1) is 5.69 Å².